The zero-order valence-electron chi connectivity index (χ0n) is 21.5. The number of aliphatic carboxylic acids is 1. The van der Waals surface area contributed by atoms with Gasteiger partial charge in [0.15, 0.2) is 0 Å². The zero-order valence-corrected chi connectivity index (χ0v) is 23.1. The normalized spacial score (nSPS) is 14.4. The Kier molecular flexibility index (Phi) is 15.2. The van der Waals surface area contributed by atoms with Gasteiger partial charge >= 0.3 is 5.97 Å². The molecular formula is C25H40N4O5S2. The van der Waals surface area contributed by atoms with Crippen LogP contribution in [0.4, 0.5) is 0 Å². The monoisotopic (exact) mass is 540 g/mol. The molecule has 202 valence electrons. The maximum Gasteiger partial charge on any atom is 0.326 e. The summed E-state index contributed by atoms with van der Waals surface area (Å²) >= 11 is 3.01. The van der Waals surface area contributed by atoms with Gasteiger partial charge in [-0.15, -0.1) is 0 Å². The predicted octanol–water partition coefficient (Wildman–Crippen LogP) is 1.65. The SMILES string of the molecule is CSCCC(NC(=O)C(Cc1ccccc1)NC(=O)C(CCSC)NC(=O)C(N)CC(C)C)C(=O)O. The number of amides is 3. The number of carboxylic acids is 1. The molecule has 0 saturated heterocycles. The summed E-state index contributed by atoms with van der Waals surface area (Å²) in [5.74, 6) is -1.26. The highest BCUT2D eigenvalue weighted by Crippen LogP contribution is 2.09. The van der Waals surface area contributed by atoms with E-state index in [-0.39, 0.29) is 18.8 Å². The van der Waals surface area contributed by atoms with Gasteiger partial charge < -0.3 is 26.8 Å². The van der Waals surface area contributed by atoms with Crippen molar-refractivity contribution in [1.82, 2.24) is 16.0 Å². The average Bonchev–Trinajstić information content (AvgIpc) is 2.83. The van der Waals surface area contributed by atoms with E-state index in [0.717, 1.165) is 5.56 Å². The molecule has 1 aromatic carbocycles. The van der Waals surface area contributed by atoms with Crippen LogP contribution in [0.25, 0.3) is 0 Å². The number of nitrogens with two attached hydrogens (primary N) is 1. The summed E-state index contributed by atoms with van der Waals surface area (Å²) in [7, 11) is 0. The van der Waals surface area contributed by atoms with E-state index in [1.165, 1.54) is 23.5 Å². The Hall–Kier alpha value is -2.24. The summed E-state index contributed by atoms with van der Waals surface area (Å²) in [5.41, 5.74) is 6.80. The third-order valence-corrected chi connectivity index (χ3v) is 6.73. The van der Waals surface area contributed by atoms with E-state index in [2.05, 4.69) is 16.0 Å². The fourth-order valence-electron chi connectivity index (χ4n) is 3.49. The quantitative estimate of drug-likeness (QED) is 0.200. The third kappa shape index (κ3) is 12.1. The van der Waals surface area contributed by atoms with Gasteiger partial charge in [-0.3, -0.25) is 14.4 Å². The van der Waals surface area contributed by atoms with Crippen LogP contribution in [0, 0.1) is 5.92 Å². The van der Waals surface area contributed by atoms with Gasteiger partial charge in [0.2, 0.25) is 17.7 Å². The van der Waals surface area contributed by atoms with Crippen molar-refractivity contribution in [3.8, 4) is 0 Å². The molecule has 0 heterocycles. The van der Waals surface area contributed by atoms with Crippen molar-refractivity contribution in [2.24, 2.45) is 11.7 Å². The Morgan fingerprint density at radius 3 is 1.86 bits per heavy atom. The van der Waals surface area contributed by atoms with Gasteiger partial charge in [0.1, 0.15) is 18.1 Å². The van der Waals surface area contributed by atoms with Crippen molar-refractivity contribution in [3.05, 3.63) is 35.9 Å². The van der Waals surface area contributed by atoms with Crippen molar-refractivity contribution in [1.29, 1.82) is 0 Å². The molecule has 4 atom stereocenters. The highest BCUT2D eigenvalue weighted by molar-refractivity contribution is 7.98. The lowest BCUT2D eigenvalue weighted by Gasteiger charge is -2.25. The maximum atomic E-state index is 13.3. The second kappa shape index (κ2) is 17.3. The second-order valence-electron chi connectivity index (χ2n) is 9.01. The van der Waals surface area contributed by atoms with Crippen LogP contribution in [0.15, 0.2) is 30.3 Å². The molecule has 0 radical (unpaired) electrons. The van der Waals surface area contributed by atoms with Crippen molar-refractivity contribution in [3.63, 3.8) is 0 Å². The highest BCUT2D eigenvalue weighted by Gasteiger charge is 2.30. The first-order chi connectivity index (χ1) is 17.1. The Morgan fingerprint density at radius 2 is 1.33 bits per heavy atom. The molecule has 0 aliphatic heterocycles. The van der Waals surface area contributed by atoms with Crippen molar-refractivity contribution < 1.29 is 24.3 Å². The first-order valence-corrected chi connectivity index (χ1v) is 14.8. The van der Waals surface area contributed by atoms with E-state index < -0.39 is 47.9 Å². The molecule has 3 amide bonds. The van der Waals surface area contributed by atoms with Crippen molar-refractivity contribution in [2.45, 2.75) is 63.7 Å². The molecule has 0 spiro atoms. The van der Waals surface area contributed by atoms with Crippen molar-refractivity contribution in [2.75, 3.05) is 24.0 Å². The molecular weight excluding hydrogens is 500 g/mol. The average molecular weight is 541 g/mol. The van der Waals surface area contributed by atoms with Crippen LogP contribution < -0.4 is 21.7 Å². The number of hydrogen-bond donors (Lipinski definition) is 5. The van der Waals surface area contributed by atoms with E-state index in [9.17, 15) is 24.3 Å². The third-order valence-electron chi connectivity index (χ3n) is 5.45. The number of carbonyl (C=O) groups is 4. The molecule has 9 nitrogen and oxygen atoms in total. The fraction of sp³-hybridized carbons (Fsp3) is 0.600. The number of carboxylic acid groups (broad SMARTS) is 1. The lowest BCUT2D eigenvalue weighted by atomic mass is 10.0. The number of thioether (sulfide) groups is 2. The van der Waals surface area contributed by atoms with Crippen LogP contribution in [-0.4, -0.2) is 77.0 Å². The number of benzene rings is 1. The zero-order chi connectivity index (χ0) is 27.1. The Balaban J connectivity index is 3.07. The van der Waals surface area contributed by atoms with Crippen LogP contribution >= 0.6 is 23.5 Å². The molecule has 36 heavy (non-hydrogen) atoms. The molecule has 0 aliphatic carbocycles. The molecule has 0 aromatic heterocycles. The number of nitrogens with one attached hydrogen (secondary N) is 3. The van der Waals surface area contributed by atoms with E-state index >= 15 is 0 Å². The van der Waals surface area contributed by atoms with Gasteiger partial charge in [0.05, 0.1) is 6.04 Å². The molecule has 1 aromatic rings. The summed E-state index contributed by atoms with van der Waals surface area (Å²) in [4.78, 5) is 50.7. The molecule has 0 bridgehead atoms. The molecule has 4 unspecified atom stereocenters. The molecule has 0 aliphatic rings. The Labute approximate surface area is 222 Å². The molecule has 11 heteroatoms. The molecule has 1 rings (SSSR count). The standard InChI is InChI=1S/C25H40N4O5S2/c1-16(2)14-18(26)22(30)27-19(10-12-35-3)23(31)29-21(15-17-8-6-5-7-9-17)24(32)28-20(25(33)34)11-13-36-4/h5-9,16,18-21H,10-15,26H2,1-4H3,(H,27,30)(H,28,32)(H,29,31)(H,33,34). The largest absolute Gasteiger partial charge is 0.480 e. The highest BCUT2D eigenvalue weighted by atomic mass is 32.2. The first kappa shape index (κ1) is 31.8. The summed E-state index contributed by atoms with van der Waals surface area (Å²) in [6, 6.07) is 5.43. The van der Waals surface area contributed by atoms with E-state index in [0.29, 0.717) is 24.3 Å². The maximum absolute atomic E-state index is 13.3. The van der Waals surface area contributed by atoms with E-state index in [1.807, 2.05) is 56.7 Å². The molecule has 6 N–H and O–H groups in total. The lowest BCUT2D eigenvalue weighted by molar-refractivity contribution is -0.142. The molecule has 0 saturated carbocycles. The minimum atomic E-state index is -1.13. The molecule has 0 fully saturated rings. The summed E-state index contributed by atoms with van der Waals surface area (Å²) in [6.07, 6.45) is 5.02. The summed E-state index contributed by atoms with van der Waals surface area (Å²) in [5, 5.41) is 17.6. The number of rotatable bonds is 17. The van der Waals surface area contributed by atoms with Gasteiger partial charge in [0, 0.05) is 6.42 Å². The lowest BCUT2D eigenvalue weighted by Crippen LogP contribution is -2.57. The first-order valence-electron chi connectivity index (χ1n) is 12.0. The topological polar surface area (TPSA) is 151 Å². The summed E-state index contributed by atoms with van der Waals surface area (Å²) < 4.78 is 0. The van der Waals surface area contributed by atoms with Crippen LogP contribution in [0.5, 0.6) is 0 Å². The number of carbonyl (C=O) groups excluding carboxylic acids is 3. The van der Waals surface area contributed by atoms with Crippen LogP contribution in [-0.2, 0) is 25.6 Å². The van der Waals surface area contributed by atoms with Gasteiger partial charge in [0.25, 0.3) is 0 Å². The Bertz CT molecular complexity index is 841. The summed E-state index contributed by atoms with van der Waals surface area (Å²) in [6.45, 7) is 3.92. The minimum Gasteiger partial charge on any atom is -0.480 e. The van der Waals surface area contributed by atoms with Crippen LogP contribution in [0.1, 0.15) is 38.7 Å². The minimum absolute atomic E-state index is 0.170. The fourth-order valence-corrected chi connectivity index (χ4v) is 4.44. The van der Waals surface area contributed by atoms with Gasteiger partial charge in [-0.25, -0.2) is 4.79 Å². The van der Waals surface area contributed by atoms with Gasteiger partial charge in [-0.05, 0) is 54.8 Å². The number of hydrogen-bond acceptors (Lipinski definition) is 7. The Morgan fingerprint density at radius 1 is 0.833 bits per heavy atom. The smallest absolute Gasteiger partial charge is 0.326 e. The van der Waals surface area contributed by atoms with Crippen LogP contribution in [0.2, 0.25) is 0 Å². The van der Waals surface area contributed by atoms with E-state index in [1.54, 1.807) is 0 Å². The van der Waals surface area contributed by atoms with Crippen molar-refractivity contribution >= 4 is 47.2 Å². The van der Waals surface area contributed by atoms with Gasteiger partial charge in [-0.1, -0.05) is 44.2 Å². The van der Waals surface area contributed by atoms with Gasteiger partial charge in [-0.2, -0.15) is 23.5 Å². The van der Waals surface area contributed by atoms with E-state index in [4.69, 9.17) is 5.73 Å². The predicted molar refractivity (Wildman–Crippen MR) is 147 cm³/mol. The van der Waals surface area contributed by atoms with Crippen LogP contribution in [0.3, 0.4) is 0 Å². The second-order valence-corrected chi connectivity index (χ2v) is 11.0.